The van der Waals surface area contributed by atoms with Crippen LogP contribution in [0, 0.1) is 5.92 Å². The van der Waals surface area contributed by atoms with E-state index in [1.54, 1.807) is 6.08 Å². The third-order valence-corrected chi connectivity index (χ3v) is 3.07. The standard InChI is InChI=1S/C11H17NO2/c1-2-8-6-14-7-11(8)12-9-3-4-10(13)5-9/h5,8,11-12H,2-4,6-7H2,1H3. The van der Waals surface area contributed by atoms with Crippen LogP contribution in [0.3, 0.4) is 0 Å². The van der Waals surface area contributed by atoms with Gasteiger partial charge in [-0.25, -0.2) is 0 Å². The molecule has 0 aromatic heterocycles. The SMILES string of the molecule is CCC1COCC1NC1=CC(=O)CC1. The monoisotopic (exact) mass is 195 g/mol. The normalized spacial score (nSPS) is 32.1. The van der Waals surface area contributed by atoms with E-state index in [0.717, 1.165) is 31.8 Å². The average Bonchev–Trinajstić information content (AvgIpc) is 2.76. The van der Waals surface area contributed by atoms with E-state index in [0.29, 0.717) is 18.4 Å². The zero-order valence-corrected chi connectivity index (χ0v) is 8.58. The molecule has 14 heavy (non-hydrogen) atoms. The highest BCUT2D eigenvalue weighted by Crippen LogP contribution is 2.20. The molecular weight excluding hydrogens is 178 g/mol. The molecule has 0 amide bonds. The van der Waals surface area contributed by atoms with Gasteiger partial charge in [-0.1, -0.05) is 6.92 Å². The van der Waals surface area contributed by atoms with Gasteiger partial charge < -0.3 is 10.1 Å². The first-order chi connectivity index (χ1) is 6.79. The molecule has 1 fully saturated rings. The average molecular weight is 195 g/mol. The van der Waals surface area contributed by atoms with E-state index < -0.39 is 0 Å². The highest BCUT2D eigenvalue weighted by molar-refractivity contribution is 5.92. The van der Waals surface area contributed by atoms with Crippen molar-refractivity contribution in [1.82, 2.24) is 5.32 Å². The molecule has 1 aliphatic heterocycles. The molecule has 3 nitrogen and oxygen atoms in total. The summed E-state index contributed by atoms with van der Waals surface area (Å²) in [6.45, 7) is 3.82. The Kier molecular flexibility index (Phi) is 2.87. The van der Waals surface area contributed by atoms with Crippen molar-refractivity contribution in [2.45, 2.75) is 32.2 Å². The number of nitrogens with one attached hydrogen (secondary N) is 1. The van der Waals surface area contributed by atoms with Crippen LogP contribution < -0.4 is 5.32 Å². The molecule has 0 aromatic rings. The van der Waals surface area contributed by atoms with Crippen LogP contribution >= 0.6 is 0 Å². The van der Waals surface area contributed by atoms with Crippen LogP contribution in [0.5, 0.6) is 0 Å². The van der Waals surface area contributed by atoms with E-state index in [1.807, 2.05) is 0 Å². The first-order valence-corrected chi connectivity index (χ1v) is 5.37. The topological polar surface area (TPSA) is 38.3 Å². The van der Waals surface area contributed by atoms with Gasteiger partial charge in [-0.05, 0) is 12.8 Å². The minimum Gasteiger partial charge on any atom is -0.383 e. The summed E-state index contributed by atoms with van der Waals surface area (Å²) in [6.07, 6.45) is 4.43. The molecule has 0 radical (unpaired) electrons. The molecule has 1 N–H and O–H groups in total. The lowest BCUT2D eigenvalue weighted by Crippen LogP contribution is -2.34. The molecule has 78 valence electrons. The molecule has 2 unspecified atom stereocenters. The van der Waals surface area contributed by atoms with Gasteiger partial charge in [0.1, 0.15) is 0 Å². The number of carbonyl (C=O) groups excluding carboxylic acids is 1. The molecule has 2 atom stereocenters. The lowest BCUT2D eigenvalue weighted by atomic mass is 10.0. The number of carbonyl (C=O) groups is 1. The number of ether oxygens (including phenoxy) is 1. The Morgan fingerprint density at radius 2 is 2.36 bits per heavy atom. The first-order valence-electron chi connectivity index (χ1n) is 5.37. The Bertz CT molecular complexity index is 260. The minimum absolute atomic E-state index is 0.250. The van der Waals surface area contributed by atoms with E-state index in [1.165, 1.54) is 0 Å². The smallest absolute Gasteiger partial charge is 0.157 e. The van der Waals surface area contributed by atoms with E-state index in [2.05, 4.69) is 12.2 Å². The van der Waals surface area contributed by atoms with Crippen molar-refractivity contribution in [3.8, 4) is 0 Å². The van der Waals surface area contributed by atoms with Gasteiger partial charge in [0, 0.05) is 24.1 Å². The van der Waals surface area contributed by atoms with Gasteiger partial charge in [0.25, 0.3) is 0 Å². The Morgan fingerprint density at radius 1 is 1.50 bits per heavy atom. The van der Waals surface area contributed by atoms with E-state index in [9.17, 15) is 4.79 Å². The Labute approximate surface area is 84.5 Å². The molecule has 2 rings (SSSR count). The van der Waals surface area contributed by atoms with Gasteiger partial charge in [0.05, 0.1) is 19.3 Å². The van der Waals surface area contributed by atoms with Crippen LogP contribution in [0.4, 0.5) is 0 Å². The first kappa shape index (κ1) is 9.71. The summed E-state index contributed by atoms with van der Waals surface area (Å²) in [5.41, 5.74) is 1.10. The van der Waals surface area contributed by atoms with Gasteiger partial charge in [0.15, 0.2) is 5.78 Å². The van der Waals surface area contributed by atoms with Gasteiger partial charge in [-0.2, -0.15) is 0 Å². The summed E-state index contributed by atoms with van der Waals surface area (Å²) in [6, 6.07) is 0.414. The quantitative estimate of drug-likeness (QED) is 0.736. The fraction of sp³-hybridized carbons (Fsp3) is 0.727. The number of hydrogen-bond acceptors (Lipinski definition) is 3. The zero-order chi connectivity index (χ0) is 9.97. The lowest BCUT2D eigenvalue weighted by Gasteiger charge is -2.19. The second-order valence-electron chi connectivity index (χ2n) is 4.09. The molecule has 0 bridgehead atoms. The van der Waals surface area contributed by atoms with Crippen LogP contribution in [-0.4, -0.2) is 25.0 Å². The molecule has 1 heterocycles. The van der Waals surface area contributed by atoms with E-state index in [4.69, 9.17) is 4.74 Å². The van der Waals surface area contributed by atoms with Crippen LogP contribution in [-0.2, 0) is 9.53 Å². The molecular formula is C11H17NO2. The van der Waals surface area contributed by atoms with Crippen LogP contribution in [0.1, 0.15) is 26.2 Å². The number of hydrogen-bond donors (Lipinski definition) is 1. The number of ketones is 1. The van der Waals surface area contributed by atoms with Crippen LogP contribution in [0.2, 0.25) is 0 Å². The Hall–Kier alpha value is -0.830. The maximum absolute atomic E-state index is 11.0. The predicted octanol–water partition coefficient (Wildman–Crippen LogP) is 1.25. The highest BCUT2D eigenvalue weighted by atomic mass is 16.5. The molecule has 1 aliphatic carbocycles. The minimum atomic E-state index is 0.250. The lowest BCUT2D eigenvalue weighted by molar-refractivity contribution is -0.114. The summed E-state index contributed by atoms with van der Waals surface area (Å²) in [4.78, 5) is 11.0. The third-order valence-electron chi connectivity index (χ3n) is 3.07. The summed E-state index contributed by atoms with van der Waals surface area (Å²) in [5.74, 6) is 0.853. The third kappa shape index (κ3) is 1.98. The fourth-order valence-corrected chi connectivity index (χ4v) is 2.11. The maximum atomic E-state index is 11.0. The van der Waals surface area contributed by atoms with Crippen molar-refractivity contribution in [1.29, 1.82) is 0 Å². The molecule has 2 aliphatic rings. The number of allylic oxidation sites excluding steroid dienone is 2. The van der Waals surface area contributed by atoms with Crippen molar-refractivity contribution in [3.63, 3.8) is 0 Å². The molecule has 0 spiro atoms. The molecule has 3 heteroatoms. The van der Waals surface area contributed by atoms with Gasteiger partial charge in [-0.15, -0.1) is 0 Å². The largest absolute Gasteiger partial charge is 0.383 e. The van der Waals surface area contributed by atoms with Gasteiger partial charge in [-0.3, -0.25) is 4.79 Å². The van der Waals surface area contributed by atoms with Crippen molar-refractivity contribution in [2.24, 2.45) is 5.92 Å². The summed E-state index contributed by atoms with van der Waals surface area (Å²) in [5, 5.41) is 3.42. The summed E-state index contributed by atoms with van der Waals surface area (Å²) >= 11 is 0. The second kappa shape index (κ2) is 4.13. The van der Waals surface area contributed by atoms with Crippen molar-refractivity contribution < 1.29 is 9.53 Å². The van der Waals surface area contributed by atoms with Gasteiger partial charge >= 0.3 is 0 Å². The molecule has 1 saturated heterocycles. The molecule has 0 saturated carbocycles. The van der Waals surface area contributed by atoms with Gasteiger partial charge in [0.2, 0.25) is 0 Å². The van der Waals surface area contributed by atoms with Crippen LogP contribution in [0.25, 0.3) is 0 Å². The summed E-state index contributed by atoms with van der Waals surface area (Å²) < 4.78 is 5.42. The fourth-order valence-electron chi connectivity index (χ4n) is 2.11. The van der Waals surface area contributed by atoms with E-state index in [-0.39, 0.29) is 5.78 Å². The van der Waals surface area contributed by atoms with Crippen molar-refractivity contribution >= 4 is 5.78 Å². The van der Waals surface area contributed by atoms with Crippen LogP contribution in [0.15, 0.2) is 11.8 Å². The maximum Gasteiger partial charge on any atom is 0.157 e. The molecule has 0 aromatic carbocycles. The zero-order valence-electron chi connectivity index (χ0n) is 8.58. The Balaban J connectivity index is 1.90. The predicted molar refractivity (Wildman–Crippen MR) is 53.8 cm³/mol. The summed E-state index contributed by atoms with van der Waals surface area (Å²) in [7, 11) is 0. The highest BCUT2D eigenvalue weighted by Gasteiger charge is 2.27. The number of rotatable bonds is 3. The van der Waals surface area contributed by atoms with E-state index >= 15 is 0 Å². The van der Waals surface area contributed by atoms with Crippen molar-refractivity contribution in [3.05, 3.63) is 11.8 Å². The Morgan fingerprint density at radius 3 is 3.00 bits per heavy atom. The van der Waals surface area contributed by atoms with Crippen molar-refractivity contribution in [2.75, 3.05) is 13.2 Å². The second-order valence-corrected chi connectivity index (χ2v) is 4.09.